The molecule has 0 spiro atoms. The van der Waals surface area contributed by atoms with Gasteiger partial charge in [-0.15, -0.1) is 0 Å². The maximum atomic E-state index is 12.1. The molecule has 1 heterocycles. The Bertz CT molecular complexity index is 393. The summed E-state index contributed by atoms with van der Waals surface area (Å²) in [5.41, 5.74) is 6.82. The van der Waals surface area contributed by atoms with Crippen LogP contribution in [0.3, 0.4) is 0 Å². The zero-order chi connectivity index (χ0) is 13.0. The van der Waals surface area contributed by atoms with Crippen molar-refractivity contribution in [1.82, 2.24) is 10.6 Å². The Morgan fingerprint density at radius 1 is 1.44 bits per heavy atom. The lowest BCUT2D eigenvalue weighted by Gasteiger charge is -2.31. The summed E-state index contributed by atoms with van der Waals surface area (Å²) in [6.07, 6.45) is 2.11. The van der Waals surface area contributed by atoms with E-state index in [4.69, 9.17) is 5.73 Å². The number of carbonyl (C=O) groups excluding carboxylic acids is 1. The lowest BCUT2D eigenvalue weighted by atomic mass is 9.99. The van der Waals surface area contributed by atoms with Crippen LogP contribution in [0.5, 0.6) is 0 Å². The lowest BCUT2D eigenvalue weighted by molar-refractivity contribution is -0.123. The van der Waals surface area contributed by atoms with Gasteiger partial charge in [-0.2, -0.15) is 0 Å². The summed E-state index contributed by atoms with van der Waals surface area (Å²) < 4.78 is 0. The average Bonchev–Trinajstić information content (AvgIpc) is 2.41. The maximum Gasteiger partial charge on any atom is 0.241 e. The molecule has 98 valence electrons. The monoisotopic (exact) mass is 247 g/mol. The maximum absolute atomic E-state index is 12.1. The van der Waals surface area contributed by atoms with Crippen LogP contribution in [-0.2, 0) is 4.79 Å². The molecule has 0 aliphatic carbocycles. The van der Waals surface area contributed by atoms with E-state index in [0.717, 1.165) is 24.9 Å². The first-order valence-corrected chi connectivity index (χ1v) is 6.53. The SMILES string of the molecule is CC1NCCCC1NC(=O)C(N)c1ccccc1. The Labute approximate surface area is 108 Å². The smallest absolute Gasteiger partial charge is 0.241 e. The number of nitrogens with two attached hydrogens (primary N) is 1. The van der Waals surface area contributed by atoms with Crippen molar-refractivity contribution in [2.75, 3.05) is 6.54 Å². The number of amides is 1. The number of hydrogen-bond donors (Lipinski definition) is 3. The summed E-state index contributed by atoms with van der Waals surface area (Å²) in [7, 11) is 0. The quantitative estimate of drug-likeness (QED) is 0.745. The minimum atomic E-state index is -0.583. The van der Waals surface area contributed by atoms with Gasteiger partial charge in [0.2, 0.25) is 5.91 Å². The van der Waals surface area contributed by atoms with Crippen molar-refractivity contribution in [3.05, 3.63) is 35.9 Å². The summed E-state index contributed by atoms with van der Waals surface area (Å²) in [5, 5.41) is 6.40. The van der Waals surface area contributed by atoms with Crippen molar-refractivity contribution in [3.8, 4) is 0 Å². The molecule has 18 heavy (non-hydrogen) atoms. The molecule has 1 aliphatic heterocycles. The third-order valence-electron chi connectivity index (χ3n) is 3.53. The normalized spacial score (nSPS) is 25.4. The van der Waals surface area contributed by atoms with Crippen molar-refractivity contribution in [3.63, 3.8) is 0 Å². The van der Waals surface area contributed by atoms with Crippen LogP contribution in [-0.4, -0.2) is 24.5 Å². The summed E-state index contributed by atoms with van der Waals surface area (Å²) in [6.45, 7) is 3.12. The Kier molecular flexibility index (Phi) is 4.33. The molecule has 4 N–H and O–H groups in total. The highest BCUT2D eigenvalue weighted by Crippen LogP contribution is 2.12. The number of nitrogens with one attached hydrogen (secondary N) is 2. The van der Waals surface area contributed by atoms with Gasteiger partial charge >= 0.3 is 0 Å². The molecule has 1 aromatic carbocycles. The Morgan fingerprint density at radius 3 is 2.83 bits per heavy atom. The topological polar surface area (TPSA) is 67.1 Å². The van der Waals surface area contributed by atoms with Gasteiger partial charge in [0.25, 0.3) is 0 Å². The lowest BCUT2D eigenvalue weighted by Crippen LogP contribution is -2.53. The van der Waals surface area contributed by atoms with Gasteiger partial charge in [-0.1, -0.05) is 30.3 Å². The van der Waals surface area contributed by atoms with Crippen LogP contribution < -0.4 is 16.4 Å². The van der Waals surface area contributed by atoms with Gasteiger partial charge in [-0.25, -0.2) is 0 Å². The van der Waals surface area contributed by atoms with Gasteiger partial charge in [0.05, 0.1) is 0 Å². The fourth-order valence-corrected chi connectivity index (χ4v) is 2.33. The predicted octanol–water partition coefficient (Wildman–Crippen LogP) is 0.943. The van der Waals surface area contributed by atoms with Crippen molar-refractivity contribution in [2.45, 2.75) is 37.9 Å². The van der Waals surface area contributed by atoms with Crippen LogP contribution in [0, 0.1) is 0 Å². The van der Waals surface area contributed by atoms with Crippen molar-refractivity contribution < 1.29 is 4.79 Å². The van der Waals surface area contributed by atoms with Crippen LogP contribution in [0.4, 0.5) is 0 Å². The molecule has 1 aliphatic rings. The average molecular weight is 247 g/mol. The molecule has 2 rings (SSSR count). The van der Waals surface area contributed by atoms with Crippen LogP contribution in [0.1, 0.15) is 31.4 Å². The number of rotatable bonds is 3. The van der Waals surface area contributed by atoms with Gasteiger partial charge in [0.1, 0.15) is 6.04 Å². The molecule has 4 nitrogen and oxygen atoms in total. The fourth-order valence-electron chi connectivity index (χ4n) is 2.33. The molecule has 3 unspecified atom stereocenters. The number of piperidine rings is 1. The summed E-state index contributed by atoms with van der Waals surface area (Å²) >= 11 is 0. The first-order valence-electron chi connectivity index (χ1n) is 6.53. The Balaban J connectivity index is 1.95. The van der Waals surface area contributed by atoms with E-state index in [1.165, 1.54) is 0 Å². The molecular weight excluding hydrogens is 226 g/mol. The van der Waals surface area contributed by atoms with E-state index in [0.29, 0.717) is 6.04 Å². The predicted molar refractivity (Wildman–Crippen MR) is 72.0 cm³/mol. The van der Waals surface area contributed by atoms with Crippen LogP contribution in [0.2, 0.25) is 0 Å². The minimum absolute atomic E-state index is 0.0956. The van der Waals surface area contributed by atoms with Crippen LogP contribution in [0.15, 0.2) is 30.3 Å². The Hall–Kier alpha value is -1.39. The van der Waals surface area contributed by atoms with Crippen molar-refractivity contribution in [1.29, 1.82) is 0 Å². The van der Waals surface area contributed by atoms with E-state index in [2.05, 4.69) is 17.6 Å². The molecule has 1 saturated heterocycles. The first kappa shape index (κ1) is 13.1. The molecule has 0 aromatic heterocycles. The number of hydrogen-bond acceptors (Lipinski definition) is 3. The third kappa shape index (κ3) is 3.09. The van der Waals surface area contributed by atoms with Gasteiger partial charge in [-0.05, 0) is 31.9 Å². The second kappa shape index (κ2) is 5.98. The highest BCUT2D eigenvalue weighted by atomic mass is 16.2. The molecule has 0 saturated carbocycles. The molecular formula is C14H21N3O. The number of benzene rings is 1. The fraction of sp³-hybridized carbons (Fsp3) is 0.500. The van der Waals surface area contributed by atoms with Gasteiger partial charge in [0, 0.05) is 12.1 Å². The molecule has 1 fully saturated rings. The van der Waals surface area contributed by atoms with Gasteiger partial charge < -0.3 is 16.4 Å². The van der Waals surface area contributed by atoms with E-state index < -0.39 is 6.04 Å². The third-order valence-corrected chi connectivity index (χ3v) is 3.53. The Morgan fingerprint density at radius 2 is 2.17 bits per heavy atom. The second-order valence-electron chi connectivity index (χ2n) is 4.89. The van der Waals surface area contributed by atoms with Crippen molar-refractivity contribution >= 4 is 5.91 Å². The van der Waals surface area contributed by atoms with Crippen molar-refractivity contribution in [2.24, 2.45) is 5.73 Å². The summed E-state index contributed by atoms with van der Waals surface area (Å²) in [5.74, 6) is -0.0956. The van der Waals surface area contributed by atoms with E-state index in [-0.39, 0.29) is 11.9 Å². The van der Waals surface area contributed by atoms with Gasteiger partial charge in [-0.3, -0.25) is 4.79 Å². The molecule has 0 bridgehead atoms. The summed E-state index contributed by atoms with van der Waals surface area (Å²) in [6, 6.07) is 9.38. The number of carbonyl (C=O) groups is 1. The van der Waals surface area contributed by atoms with E-state index in [9.17, 15) is 4.79 Å². The second-order valence-corrected chi connectivity index (χ2v) is 4.89. The largest absolute Gasteiger partial charge is 0.350 e. The molecule has 1 amide bonds. The summed E-state index contributed by atoms with van der Waals surface area (Å²) in [4.78, 5) is 12.1. The van der Waals surface area contributed by atoms with E-state index in [1.54, 1.807) is 0 Å². The highest BCUT2D eigenvalue weighted by Gasteiger charge is 2.25. The van der Waals surface area contributed by atoms with Gasteiger partial charge in [0.15, 0.2) is 0 Å². The van der Waals surface area contributed by atoms with Crippen LogP contribution >= 0.6 is 0 Å². The molecule has 4 heteroatoms. The zero-order valence-electron chi connectivity index (χ0n) is 10.7. The molecule has 1 aromatic rings. The minimum Gasteiger partial charge on any atom is -0.350 e. The highest BCUT2D eigenvalue weighted by molar-refractivity contribution is 5.83. The molecule has 0 radical (unpaired) electrons. The van der Waals surface area contributed by atoms with E-state index >= 15 is 0 Å². The zero-order valence-corrected chi connectivity index (χ0v) is 10.7. The standard InChI is InChI=1S/C14H21N3O/c1-10-12(8-5-9-16-10)17-14(18)13(15)11-6-3-2-4-7-11/h2-4,6-7,10,12-13,16H,5,8-9,15H2,1H3,(H,17,18). The first-order chi connectivity index (χ1) is 8.68. The van der Waals surface area contributed by atoms with E-state index in [1.807, 2.05) is 30.3 Å². The van der Waals surface area contributed by atoms with Crippen LogP contribution in [0.25, 0.3) is 0 Å². The molecule has 3 atom stereocenters.